The van der Waals surface area contributed by atoms with E-state index in [1.54, 1.807) is 24.8 Å². The van der Waals surface area contributed by atoms with Crippen LogP contribution in [0, 0.1) is 0 Å². The maximum Gasteiger partial charge on any atom is 0.410 e. The first-order chi connectivity index (χ1) is 22.6. The van der Waals surface area contributed by atoms with Crippen LogP contribution in [0.4, 0.5) is 10.6 Å². The number of hydrogen-bond donors (Lipinski definition) is 2. The number of nitrogens with one attached hydrogen (secondary N) is 1. The van der Waals surface area contributed by atoms with E-state index in [9.17, 15) is 4.79 Å². The highest BCUT2D eigenvalue weighted by atomic mass is 35.5. The molecule has 4 aliphatic rings. The Labute approximate surface area is 279 Å². The molecule has 8 rings (SSSR count). The molecule has 4 aromatic heterocycles. The molecule has 244 valence electrons. The van der Waals surface area contributed by atoms with Crippen molar-refractivity contribution >= 4 is 23.5 Å². The van der Waals surface area contributed by atoms with E-state index in [0.29, 0.717) is 29.0 Å². The van der Waals surface area contributed by atoms with E-state index in [2.05, 4.69) is 47.4 Å². The Hall–Kier alpha value is -4.22. The summed E-state index contributed by atoms with van der Waals surface area (Å²) in [6, 6.07) is 5.89. The molecule has 0 saturated carbocycles. The SMILES string of the molecule is CC(C)(C)OC(=O)N1C2CCC1C(c1cnc(N)c(-c3cncnc3)c1)C2.Clc1ncc(C2CC3CCC2N3)cc1-c1cncnc1. The zero-order valence-electron chi connectivity index (χ0n) is 26.9. The number of rotatable bonds is 4. The third-order valence-corrected chi connectivity index (χ3v) is 10.1. The molecule has 6 atom stereocenters. The third-order valence-electron chi connectivity index (χ3n) is 9.84. The van der Waals surface area contributed by atoms with Gasteiger partial charge in [0.2, 0.25) is 0 Å². The summed E-state index contributed by atoms with van der Waals surface area (Å²) in [4.78, 5) is 39.7. The van der Waals surface area contributed by atoms with Gasteiger partial charge in [-0.3, -0.25) is 0 Å². The van der Waals surface area contributed by atoms with Gasteiger partial charge in [0, 0.05) is 95.4 Å². The van der Waals surface area contributed by atoms with Crippen molar-refractivity contribution < 1.29 is 9.53 Å². The van der Waals surface area contributed by atoms with Crippen molar-refractivity contribution in [1.82, 2.24) is 40.1 Å². The van der Waals surface area contributed by atoms with Crippen molar-refractivity contribution in [3.05, 3.63) is 78.2 Å². The van der Waals surface area contributed by atoms with Crippen LogP contribution in [-0.2, 0) is 4.74 Å². The second-order valence-corrected chi connectivity index (χ2v) is 14.3. The van der Waals surface area contributed by atoms with Gasteiger partial charge in [-0.15, -0.1) is 0 Å². The molecule has 47 heavy (non-hydrogen) atoms. The molecular weight excluding hydrogens is 614 g/mol. The van der Waals surface area contributed by atoms with Gasteiger partial charge in [-0.1, -0.05) is 11.6 Å². The monoisotopic (exact) mass is 653 g/mol. The standard InChI is InChI=1S/C20H25N5O2.C15H15ClN4/c1-20(2,3)27-19(26)25-14-4-5-17(25)15(7-14)12-6-16(18(21)24-10-12)13-8-22-11-23-9-13;16-15-13(10-5-17-8-18-6-10)3-9(7-19-15)12-4-11-1-2-14(12)20-11/h6,8-11,14-15,17H,4-5,7H2,1-3H3,(H2,21,24);3,5-8,11-12,14,20H,1-2,4H2. The van der Waals surface area contributed by atoms with Crippen LogP contribution in [0.2, 0.25) is 5.15 Å². The highest BCUT2D eigenvalue weighted by molar-refractivity contribution is 6.32. The summed E-state index contributed by atoms with van der Waals surface area (Å²) in [7, 11) is 0. The van der Waals surface area contributed by atoms with Crippen LogP contribution in [0.5, 0.6) is 0 Å². The molecule has 12 heteroatoms. The molecule has 0 spiro atoms. The van der Waals surface area contributed by atoms with Crippen LogP contribution < -0.4 is 11.1 Å². The Morgan fingerprint density at radius 1 is 0.851 bits per heavy atom. The van der Waals surface area contributed by atoms with Gasteiger partial charge >= 0.3 is 6.09 Å². The number of anilines is 1. The Balaban J connectivity index is 0.000000156. The number of fused-ring (bicyclic) bond motifs is 4. The normalized spacial score (nSPS) is 25.8. The zero-order chi connectivity index (χ0) is 32.7. The lowest BCUT2D eigenvalue weighted by molar-refractivity contribution is 0.0213. The largest absolute Gasteiger partial charge is 0.444 e. The average molecular weight is 654 g/mol. The Kier molecular flexibility index (Phi) is 8.52. The molecule has 0 aromatic carbocycles. The second-order valence-electron chi connectivity index (χ2n) is 14.0. The number of ether oxygens (including phenoxy) is 1. The van der Waals surface area contributed by atoms with Gasteiger partial charge in [0.1, 0.15) is 29.2 Å². The van der Waals surface area contributed by atoms with Crippen LogP contribution in [-0.4, -0.2) is 70.7 Å². The lowest BCUT2D eigenvalue weighted by Crippen LogP contribution is -2.40. The topological polar surface area (TPSA) is 145 Å². The quantitative estimate of drug-likeness (QED) is 0.245. The average Bonchev–Trinajstić information content (AvgIpc) is 3.87. The minimum Gasteiger partial charge on any atom is -0.444 e. The molecular formula is C35H40ClN9O2. The fraction of sp³-hybridized carbons (Fsp3) is 0.457. The van der Waals surface area contributed by atoms with Crippen molar-refractivity contribution in [2.75, 3.05) is 5.73 Å². The number of amides is 1. The molecule has 11 nitrogen and oxygen atoms in total. The lowest BCUT2D eigenvalue weighted by atomic mass is 9.84. The maximum absolute atomic E-state index is 12.7. The minimum absolute atomic E-state index is 0.148. The first-order valence-electron chi connectivity index (χ1n) is 16.3. The second kappa shape index (κ2) is 12.8. The zero-order valence-corrected chi connectivity index (χ0v) is 27.6. The van der Waals surface area contributed by atoms with E-state index in [4.69, 9.17) is 22.1 Å². The molecule has 4 aliphatic heterocycles. The number of nitrogens with zero attached hydrogens (tertiary/aromatic N) is 7. The van der Waals surface area contributed by atoms with Crippen LogP contribution in [0.15, 0.2) is 62.0 Å². The first-order valence-corrected chi connectivity index (χ1v) is 16.7. The molecule has 0 radical (unpaired) electrons. The van der Waals surface area contributed by atoms with Crippen molar-refractivity contribution in [3.8, 4) is 22.3 Å². The van der Waals surface area contributed by atoms with Gasteiger partial charge in [-0.25, -0.2) is 34.7 Å². The summed E-state index contributed by atoms with van der Waals surface area (Å²) in [5.74, 6) is 1.26. The first kappa shape index (κ1) is 31.4. The number of nitrogen functional groups attached to an aromatic ring is 1. The number of pyridine rings is 2. The van der Waals surface area contributed by atoms with Crippen LogP contribution >= 0.6 is 11.6 Å². The minimum atomic E-state index is -0.488. The third kappa shape index (κ3) is 6.51. The molecule has 4 saturated heterocycles. The van der Waals surface area contributed by atoms with Crippen LogP contribution in [0.1, 0.15) is 82.3 Å². The molecule has 4 fully saturated rings. The van der Waals surface area contributed by atoms with Gasteiger partial charge in [-0.05, 0) is 82.6 Å². The molecule has 4 aromatic rings. The predicted molar refractivity (Wildman–Crippen MR) is 179 cm³/mol. The molecule has 8 heterocycles. The van der Waals surface area contributed by atoms with Crippen molar-refractivity contribution in [3.63, 3.8) is 0 Å². The number of carbonyl (C=O) groups is 1. The number of aromatic nitrogens is 6. The van der Waals surface area contributed by atoms with Gasteiger partial charge in [0.05, 0.1) is 0 Å². The Morgan fingerprint density at radius 2 is 1.49 bits per heavy atom. The number of carbonyl (C=O) groups excluding carboxylic acids is 1. The van der Waals surface area contributed by atoms with Crippen molar-refractivity contribution in [2.24, 2.45) is 0 Å². The van der Waals surface area contributed by atoms with E-state index < -0.39 is 5.60 Å². The predicted octanol–water partition coefficient (Wildman–Crippen LogP) is 6.18. The summed E-state index contributed by atoms with van der Waals surface area (Å²) in [6.07, 6.45) is 20.3. The summed E-state index contributed by atoms with van der Waals surface area (Å²) < 4.78 is 5.63. The molecule has 1 amide bonds. The van der Waals surface area contributed by atoms with E-state index in [0.717, 1.165) is 47.1 Å². The number of nitrogens with two attached hydrogens (primary N) is 1. The lowest BCUT2D eigenvalue weighted by Gasteiger charge is -2.28. The van der Waals surface area contributed by atoms with E-state index >= 15 is 0 Å². The van der Waals surface area contributed by atoms with Crippen LogP contribution in [0.3, 0.4) is 0 Å². The molecule has 3 N–H and O–H groups in total. The fourth-order valence-electron chi connectivity index (χ4n) is 7.81. The molecule has 6 unspecified atom stereocenters. The number of halogens is 1. The Morgan fingerprint density at radius 3 is 2.13 bits per heavy atom. The van der Waals surface area contributed by atoms with Crippen molar-refractivity contribution in [1.29, 1.82) is 0 Å². The smallest absolute Gasteiger partial charge is 0.410 e. The summed E-state index contributed by atoms with van der Waals surface area (Å²) in [5.41, 5.74) is 11.5. The fourth-order valence-corrected chi connectivity index (χ4v) is 8.02. The summed E-state index contributed by atoms with van der Waals surface area (Å²) in [5, 5.41) is 4.18. The van der Waals surface area contributed by atoms with Gasteiger partial charge in [-0.2, -0.15) is 0 Å². The maximum atomic E-state index is 12.7. The molecule has 4 bridgehead atoms. The van der Waals surface area contributed by atoms with Gasteiger partial charge < -0.3 is 20.7 Å². The van der Waals surface area contributed by atoms with E-state index in [-0.39, 0.29) is 24.1 Å². The van der Waals surface area contributed by atoms with Gasteiger partial charge in [0.25, 0.3) is 0 Å². The Bertz CT molecular complexity index is 1740. The molecule has 0 aliphatic carbocycles. The highest BCUT2D eigenvalue weighted by Crippen LogP contribution is 2.48. The summed E-state index contributed by atoms with van der Waals surface area (Å²) >= 11 is 6.23. The van der Waals surface area contributed by atoms with Gasteiger partial charge in [0.15, 0.2) is 0 Å². The summed E-state index contributed by atoms with van der Waals surface area (Å²) in [6.45, 7) is 5.70. The highest BCUT2D eigenvalue weighted by Gasteiger charge is 2.50. The van der Waals surface area contributed by atoms with Crippen LogP contribution in [0.25, 0.3) is 22.3 Å². The van der Waals surface area contributed by atoms with E-state index in [1.165, 1.54) is 37.5 Å². The number of hydrogen-bond acceptors (Lipinski definition) is 10. The van der Waals surface area contributed by atoms with Crippen molar-refractivity contribution in [2.45, 2.75) is 101 Å². The van der Waals surface area contributed by atoms with E-state index in [1.807, 2.05) is 38.1 Å².